The van der Waals surface area contributed by atoms with E-state index < -0.39 is 0 Å². The predicted octanol–water partition coefficient (Wildman–Crippen LogP) is 2.57. The molecule has 0 aromatic heterocycles. The second kappa shape index (κ2) is 4.78. The van der Waals surface area contributed by atoms with E-state index in [9.17, 15) is 5.11 Å². The average molecular weight is 193 g/mol. The van der Waals surface area contributed by atoms with Crippen LogP contribution in [0.1, 0.15) is 12.0 Å². The summed E-state index contributed by atoms with van der Waals surface area (Å²) in [5.74, 6) is 0.294. The molecule has 0 heterocycles. The molecule has 0 bridgehead atoms. The zero-order valence-electron chi connectivity index (χ0n) is 7.45. The molecule has 0 saturated carbocycles. The second-order valence-corrected chi connectivity index (χ2v) is 3.53. The Morgan fingerprint density at radius 2 is 2.31 bits per heavy atom. The molecule has 13 heavy (non-hydrogen) atoms. The molecule has 3 heteroatoms. The Labute approximate surface area is 82.2 Å². The van der Waals surface area contributed by atoms with Crippen molar-refractivity contribution in [2.75, 3.05) is 6.26 Å². The van der Waals surface area contributed by atoms with Crippen molar-refractivity contribution in [1.82, 2.24) is 0 Å². The standard InChI is InChI=1S/C10H11NOS/c1-13-9-5-4-8(3-2-6-11)10(12)7-9/h4-5,7,12H,2-3H2,1H3. The second-order valence-electron chi connectivity index (χ2n) is 2.65. The van der Waals surface area contributed by atoms with Crippen LogP contribution in [0.15, 0.2) is 23.1 Å². The highest BCUT2D eigenvalue weighted by atomic mass is 32.2. The molecule has 0 amide bonds. The van der Waals surface area contributed by atoms with E-state index in [2.05, 4.69) is 6.07 Å². The van der Waals surface area contributed by atoms with E-state index in [1.165, 1.54) is 0 Å². The van der Waals surface area contributed by atoms with Crippen molar-refractivity contribution in [2.45, 2.75) is 17.7 Å². The van der Waals surface area contributed by atoms with Crippen molar-refractivity contribution in [3.8, 4) is 11.8 Å². The minimum absolute atomic E-state index is 0.294. The number of aryl methyl sites for hydroxylation is 1. The van der Waals surface area contributed by atoms with Gasteiger partial charge < -0.3 is 5.11 Å². The maximum Gasteiger partial charge on any atom is 0.119 e. The van der Waals surface area contributed by atoms with Crippen LogP contribution in [0.3, 0.4) is 0 Å². The molecule has 1 aromatic rings. The fourth-order valence-corrected chi connectivity index (χ4v) is 1.51. The summed E-state index contributed by atoms with van der Waals surface area (Å²) in [5, 5.41) is 17.9. The molecule has 0 radical (unpaired) electrons. The lowest BCUT2D eigenvalue weighted by atomic mass is 10.1. The van der Waals surface area contributed by atoms with Crippen molar-refractivity contribution in [3.05, 3.63) is 23.8 Å². The van der Waals surface area contributed by atoms with Gasteiger partial charge in [-0.3, -0.25) is 0 Å². The first-order chi connectivity index (χ1) is 6.27. The number of phenolic OH excluding ortho intramolecular Hbond substituents is 1. The summed E-state index contributed by atoms with van der Waals surface area (Å²) in [7, 11) is 0. The molecular weight excluding hydrogens is 182 g/mol. The average Bonchev–Trinajstić information content (AvgIpc) is 2.16. The number of benzene rings is 1. The van der Waals surface area contributed by atoms with Gasteiger partial charge >= 0.3 is 0 Å². The molecule has 0 unspecified atom stereocenters. The molecule has 1 N–H and O–H groups in total. The molecule has 2 nitrogen and oxygen atoms in total. The molecule has 0 atom stereocenters. The van der Waals surface area contributed by atoms with E-state index in [4.69, 9.17) is 5.26 Å². The van der Waals surface area contributed by atoms with Crippen molar-refractivity contribution in [2.24, 2.45) is 0 Å². The molecule has 0 aliphatic heterocycles. The van der Waals surface area contributed by atoms with Gasteiger partial charge in [0, 0.05) is 11.3 Å². The highest BCUT2D eigenvalue weighted by Gasteiger charge is 2.01. The number of rotatable bonds is 3. The largest absolute Gasteiger partial charge is 0.508 e. The van der Waals surface area contributed by atoms with Crippen LogP contribution in [0.5, 0.6) is 5.75 Å². The van der Waals surface area contributed by atoms with Crippen molar-refractivity contribution < 1.29 is 5.11 Å². The topological polar surface area (TPSA) is 44.0 Å². The van der Waals surface area contributed by atoms with Gasteiger partial charge in [0.15, 0.2) is 0 Å². The van der Waals surface area contributed by atoms with Crippen LogP contribution in [-0.2, 0) is 6.42 Å². The van der Waals surface area contributed by atoms with Gasteiger partial charge in [-0.15, -0.1) is 11.8 Å². The van der Waals surface area contributed by atoms with Crippen molar-refractivity contribution >= 4 is 11.8 Å². The van der Waals surface area contributed by atoms with Gasteiger partial charge in [0.2, 0.25) is 0 Å². The van der Waals surface area contributed by atoms with Gasteiger partial charge in [-0.25, -0.2) is 0 Å². The highest BCUT2D eigenvalue weighted by Crippen LogP contribution is 2.24. The van der Waals surface area contributed by atoms with Gasteiger partial charge in [0.1, 0.15) is 5.75 Å². The maximum absolute atomic E-state index is 9.53. The maximum atomic E-state index is 9.53. The first-order valence-electron chi connectivity index (χ1n) is 4.00. The molecular formula is C10H11NOS. The lowest BCUT2D eigenvalue weighted by molar-refractivity contribution is 0.466. The molecule has 0 aliphatic rings. The van der Waals surface area contributed by atoms with Crippen LogP contribution in [0.25, 0.3) is 0 Å². The summed E-state index contributed by atoms with van der Waals surface area (Å²) in [6, 6.07) is 7.62. The van der Waals surface area contributed by atoms with Crippen LogP contribution in [0.4, 0.5) is 0 Å². The summed E-state index contributed by atoms with van der Waals surface area (Å²) in [6.45, 7) is 0. The van der Waals surface area contributed by atoms with E-state index in [-0.39, 0.29) is 0 Å². The minimum atomic E-state index is 0.294. The quantitative estimate of drug-likeness (QED) is 0.750. The summed E-state index contributed by atoms with van der Waals surface area (Å²) in [4.78, 5) is 1.04. The van der Waals surface area contributed by atoms with E-state index in [0.717, 1.165) is 10.5 Å². The molecule has 0 aliphatic carbocycles. The Morgan fingerprint density at radius 1 is 1.54 bits per heavy atom. The number of nitriles is 1. The molecule has 0 spiro atoms. The van der Waals surface area contributed by atoms with Crippen LogP contribution < -0.4 is 0 Å². The van der Waals surface area contributed by atoms with Crippen molar-refractivity contribution in [3.63, 3.8) is 0 Å². The van der Waals surface area contributed by atoms with Gasteiger partial charge in [0.25, 0.3) is 0 Å². The highest BCUT2D eigenvalue weighted by molar-refractivity contribution is 7.98. The number of hydrogen-bond acceptors (Lipinski definition) is 3. The third kappa shape index (κ3) is 2.67. The molecule has 0 fully saturated rings. The van der Waals surface area contributed by atoms with Crippen LogP contribution in [-0.4, -0.2) is 11.4 Å². The molecule has 1 aromatic carbocycles. The third-order valence-electron chi connectivity index (χ3n) is 1.80. The van der Waals surface area contributed by atoms with E-state index in [0.29, 0.717) is 18.6 Å². The fourth-order valence-electron chi connectivity index (χ4n) is 1.07. The van der Waals surface area contributed by atoms with Crippen molar-refractivity contribution in [1.29, 1.82) is 5.26 Å². The number of hydrogen-bond donors (Lipinski definition) is 1. The molecule has 68 valence electrons. The van der Waals surface area contributed by atoms with Crippen LogP contribution in [0, 0.1) is 11.3 Å². The van der Waals surface area contributed by atoms with Gasteiger partial charge in [-0.05, 0) is 30.4 Å². The summed E-state index contributed by atoms with van der Waals surface area (Å²) >= 11 is 1.59. The van der Waals surface area contributed by atoms with Gasteiger partial charge in [-0.2, -0.15) is 5.26 Å². The third-order valence-corrected chi connectivity index (χ3v) is 2.52. The monoisotopic (exact) mass is 193 g/mol. The van der Waals surface area contributed by atoms with Crippen LogP contribution in [0.2, 0.25) is 0 Å². The number of aromatic hydroxyl groups is 1. The van der Waals surface area contributed by atoms with Gasteiger partial charge in [0.05, 0.1) is 6.07 Å². The van der Waals surface area contributed by atoms with E-state index >= 15 is 0 Å². The van der Waals surface area contributed by atoms with Gasteiger partial charge in [-0.1, -0.05) is 6.07 Å². The first kappa shape index (κ1) is 9.94. The number of nitrogens with zero attached hydrogens (tertiary/aromatic N) is 1. The minimum Gasteiger partial charge on any atom is -0.508 e. The van der Waals surface area contributed by atoms with Crippen LogP contribution >= 0.6 is 11.8 Å². The zero-order chi connectivity index (χ0) is 9.68. The number of phenols is 1. The molecule has 0 saturated heterocycles. The summed E-state index contributed by atoms with van der Waals surface area (Å²) < 4.78 is 0. The summed E-state index contributed by atoms with van der Waals surface area (Å²) in [5.41, 5.74) is 0.847. The van der Waals surface area contributed by atoms with E-state index in [1.54, 1.807) is 17.8 Å². The number of thioether (sulfide) groups is 1. The lowest BCUT2D eigenvalue weighted by Crippen LogP contribution is -1.84. The molecule has 1 rings (SSSR count). The Hall–Kier alpha value is -1.14. The Kier molecular flexibility index (Phi) is 3.66. The smallest absolute Gasteiger partial charge is 0.119 e. The first-order valence-corrected chi connectivity index (χ1v) is 5.23. The fraction of sp³-hybridized carbons (Fsp3) is 0.300. The predicted molar refractivity (Wildman–Crippen MR) is 53.8 cm³/mol. The van der Waals surface area contributed by atoms with E-state index in [1.807, 2.05) is 18.4 Å². The normalized spacial score (nSPS) is 9.54. The Balaban J connectivity index is 2.80. The SMILES string of the molecule is CSc1ccc(CCC#N)c(O)c1. The summed E-state index contributed by atoms with van der Waals surface area (Å²) in [6.07, 6.45) is 3.03. The zero-order valence-corrected chi connectivity index (χ0v) is 8.27. The Morgan fingerprint density at radius 3 is 2.85 bits per heavy atom. The Bertz CT molecular complexity index is 330. The lowest BCUT2D eigenvalue weighted by Gasteiger charge is -2.03.